The van der Waals surface area contributed by atoms with E-state index in [2.05, 4.69) is 25.7 Å². The van der Waals surface area contributed by atoms with Crippen molar-refractivity contribution in [2.45, 2.75) is 63.7 Å². The van der Waals surface area contributed by atoms with Crippen molar-refractivity contribution in [2.24, 2.45) is 5.92 Å². The lowest BCUT2D eigenvalue weighted by molar-refractivity contribution is 0.595. The molecular weight excluding hydrogens is 184 g/mol. The van der Waals surface area contributed by atoms with Crippen LogP contribution in [0.4, 0.5) is 0 Å². The molecule has 2 unspecified atom stereocenters. The molecule has 2 aliphatic rings. The Bertz CT molecular complexity index is 226. The van der Waals surface area contributed by atoms with Gasteiger partial charge in [-0.1, -0.05) is 37.7 Å². The molecule has 0 radical (unpaired) electrons. The molecule has 14 heavy (non-hydrogen) atoms. The Labute approximate surface area is 89.8 Å². The van der Waals surface area contributed by atoms with Gasteiger partial charge in [0.15, 0.2) is 0 Å². The fraction of sp³-hybridized carbons (Fsp3) is 0.846. The zero-order valence-corrected chi connectivity index (χ0v) is 11.0. The summed E-state index contributed by atoms with van der Waals surface area (Å²) >= 11 is 0. The Morgan fingerprint density at radius 3 is 2.21 bits per heavy atom. The van der Waals surface area contributed by atoms with Crippen molar-refractivity contribution in [1.29, 1.82) is 0 Å². The first kappa shape index (κ1) is 10.5. The van der Waals surface area contributed by atoms with Crippen LogP contribution >= 0.6 is 0 Å². The Kier molecular flexibility index (Phi) is 2.87. The van der Waals surface area contributed by atoms with E-state index >= 15 is 0 Å². The van der Waals surface area contributed by atoms with Gasteiger partial charge in [0, 0.05) is 8.07 Å². The van der Waals surface area contributed by atoms with E-state index in [4.69, 9.17) is 0 Å². The van der Waals surface area contributed by atoms with Crippen LogP contribution in [0.15, 0.2) is 11.6 Å². The standard InChI is InChI=1S/C13H24Si/c1-14(2,3)13-10-12(13)9-11-7-5-4-6-8-11/h9,12-13H,4-8,10H2,1-3H3. The van der Waals surface area contributed by atoms with Crippen LogP contribution in [-0.4, -0.2) is 8.07 Å². The third kappa shape index (κ3) is 2.50. The van der Waals surface area contributed by atoms with Gasteiger partial charge < -0.3 is 0 Å². The second-order valence-electron chi connectivity index (χ2n) is 6.26. The summed E-state index contributed by atoms with van der Waals surface area (Å²) in [5, 5.41) is 0. The maximum Gasteiger partial charge on any atom is 0.0479 e. The van der Waals surface area contributed by atoms with Gasteiger partial charge in [-0.15, -0.1) is 0 Å². The molecule has 2 rings (SSSR count). The second kappa shape index (κ2) is 3.84. The van der Waals surface area contributed by atoms with E-state index in [0.29, 0.717) is 0 Å². The van der Waals surface area contributed by atoms with Crippen LogP contribution in [0.25, 0.3) is 0 Å². The second-order valence-corrected chi connectivity index (χ2v) is 11.7. The van der Waals surface area contributed by atoms with Gasteiger partial charge in [0.05, 0.1) is 0 Å². The zero-order valence-electron chi connectivity index (χ0n) is 9.97. The fourth-order valence-electron chi connectivity index (χ4n) is 2.87. The Balaban J connectivity index is 1.87. The van der Waals surface area contributed by atoms with E-state index in [1.54, 1.807) is 5.57 Å². The van der Waals surface area contributed by atoms with Gasteiger partial charge in [0.1, 0.15) is 0 Å². The van der Waals surface area contributed by atoms with E-state index in [0.717, 1.165) is 11.5 Å². The highest BCUT2D eigenvalue weighted by atomic mass is 28.3. The van der Waals surface area contributed by atoms with Gasteiger partial charge in [-0.25, -0.2) is 0 Å². The quantitative estimate of drug-likeness (QED) is 0.459. The van der Waals surface area contributed by atoms with Crippen LogP contribution in [0.1, 0.15) is 38.5 Å². The van der Waals surface area contributed by atoms with Crippen molar-refractivity contribution < 1.29 is 0 Å². The van der Waals surface area contributed by atoms with Gasteiger partial charge in [-0.05, 0) is 43.6 Å². The van der Waals surface area contributed by atoms with Crippen molar-refractivity contribution in [3.63, 3.8) is 0 Å². The molecule has 0 aliphatic heterocycles. The molecular formula is C13H24Si. The van der Waals surface area contributed by atoms with Gasteiger partial charge in [-0.3, -0.25) is 0 Å². The third-order valence-corrected chi connectivity index (χ3v) is 6.79. The van der Waals surface area contributed by atoms with Crippen LogP contribution in [0.2, 0.25) is 25.2 Å². The molecule has 0 aromatic carbocycles. The summed E-state index contributed by atoms with van der Waals surface area (Å²) in [6.07, 6.45) is 11.4. The Hall–Kier alpha value is -0.0431. The van der Waals surface area contributed by atoms with Gasteiger partial charge in [0.2, 0.25) is 0 Å². The van der Waals surface area contributed by atoms with E-state index < -0.39 is 8.07 Å². The largest absolute Gasteiger partial charge is 0.0822 e. The van der Waals surface area contributed by atoms with Crippen LogP contribution < -0.4 is 0 Å². The smallest absolute Gasteiger partial charge is 0.0479 e. The Morgan fingerprint density at radius 1 is 1.07 bits per heavy atom. The summed E-state index contributed by atoms with van der Waals surface area (Å²) in [6, 6.07) is 0. The molecule has 0 saturated heterocycles. The average molecular weight is 208 g/mol. The predicted molar refractivity (Wildman–Crippen MR) is 66.4 cm³/mol. The Morgan fingerprint density at radius 2 is 1.71 bits per heavy atom. The molecule has 0 spiro atoms. The summed E-state index contributed by atoms with van der Waals surface area (Å²) in [6.45, 7) is 7.57. The van der Waals surface area contributed by atoms with Crippen LogP contribution in [0.3, 0.4) is 0 Å². The van der Waals surface area contributed by atoms with Crippen molar-refractivity contribution >= 4 is 8.07 Å². The molecule has 1 heteroatoms. The molecule has 0 bridgehead atoms. The molecule has 2 fully saturated rings. The van der Waals surface area contributed by atoms with Crippen molar-refractivity contribution in [2.75, 3.05) is 0 Å². The lowest BCUT2D eigenvalue weighted by Gasteiger charge is -2.16. The minimum atomic E-state index is -0.816. The highest BCUT2D eigenvalue weighted by molar-refractivity contribution is 6.78. The normalized spacial score (nSPS) is 32.9. The molecule has 0 nitrogen and oxygen atoms in total. The lowest BCUT2D eigenvalue weighted by atomic mass is 9.94. The van der Waals surface area contributed by atoms with Crippen molar-refractivity contribution in [3.8, 4) is 0 Å². The van der Waals surface area contributed by atoms with Crippen molar-refractivity contribution in [1.82, 2.24) is 0 Å². The SMILES string of the molecule is C[Si](C)(C)C1CC1C=C1CCCCC1. The molecule has 0 heterocycles. The van der Waals surface area contributed by atoms with E-state index in [1.807, 2.05) is 0 Å². The third-order valence-electron chi connectivity index (χ3n) is 3.90. The molecule has 80 valence electrons. The van der Waals surface area contributed by atoms with E-state index in [1.165, 1.54) is 38.5 Å². The topological polar surface area (TPSA) is 0 Å². The number of rotatable bonds is 2. The zero-order chi connectivity index (χ0) is 10.2. The summed E-state index contributed by atoms with van der Waals surface area (Å²) < 4.78 is 0. The van der Waals surface area contributed by atoms with Gasteiger partial charge >= 0.3 is 0 Å². The minimum absolute atomic E-state index is 0.816. The first-order chi connectivity index (χ1) is 6.57. The van der Waals surface area contributed by atoms with Crippen LogP contribution in [0.5, 0.6) is 0 Å². The van der Waals surface area contributed by atoms with E-state index in [-0.39, 0.29) is 0 Å². The first-order valence-corrected chi connectivity index (χ1v) is 9.84. The number of allylic oxidation sites excluding steroid dienone is 2. The lowest BCUT2D eigenvalue weighted by Crippen LogP contribution is -2.20. The summed E-state index contributed by atoms with van der Waals surface area (Å²) in [7, 11) is -0.816. The molecule has 0 aromatic rings. The molecule has 0 amide bonds. The van der Waals surface area contributed by atoms with Crippen LogP contribution in [-0.2, 0) is 0 Å². The van der Waals surface area contributed by atoms with Gasteiger partial charge in [0.25, 0.3) is 0 Å². The summed E-state index contributed by atoms with van der Waals surface area (Å²) in [5.74, 6) is 0.995. The maximum atomic E-state index is 2.65. The maximum absolute atomic E-state index is 2.65. The monoisotopic (exact) mass is 208 g/mol. The van der Waals surface area contributed by atoms with E-state index in [9.17, 15) is 0 Å². The molecule has 2 aliphatic carbocycles. The fourth-order valence-corrected chi connectivity index (χ4v) is 5.23. The summed E-state index contributed by atoms with van der Waals surface area (Å²) in [5.41, 5.74) is 2.90. The molecule has 0 N–H and O–H groups in total. The first-order valence-electron chi connectivity index (χ1n) is 6.27. The predicted octanol–water partition coefficient (Wildman–Crippen LogP) is 4.61. The molecule has 2 atom stereocenters. The summed E-state index contributed by atoms with van der Waals surface area (Å²) in [4.78, 5) is 0. The molecule has 2 saturated carbocycles. The highest BCUT2D eigenvalue weighted by Crippen LogP contribution is 2.53. The number of hydrogen-bond donors (Lipinski definition) is 0. The highest BCUT2D eigenvalue weighted by Gasteiger charge is 2.44. The minimum Gasteiger partial charge on any atom is -0.0822 e. The average Bonchev–Trinajstić information content (AvgIpc) is 2.85. The van der Waals surface area contributed by atoms with Crippen LogP contribution in [0, 0.1) is 5.92 Å². The van der Waals surface area contributed by atoms with Crippen molar-refractivity contribution in [3.05, 3.63) is 11.6 Å². The molecule has 0 aromatic heterocycles. The van der Waals surface area contributed by atoms with Gasteiger partial charge in [-0.2, -0.15) is 0 Å². The number of hydrogen-bond acceptors (Lipinski definition) is 0.